The number of halogens is 2. The number of anilines is 1. The molecule has 33 heavy (non-hydrogen) atoms. The highest BCUT2D eigenvalue weighted by molar-refractivity contribution is 6.31. The Morgan fingerprint density at radius 3 is 2.55 bits per heavy atom. The quantitative estimate of drug-likeness (QED) is 0.516. The molecule has 0 spiro atoms. The zero-order valence-electron chi connectivity index (χ0n) is 18.1. The van der Waals surface area contributed by atoms with E-state index >= 15 is 0 Å². The third kappa shape index (κ3) is 4.64. The van der Waals surface area contributed by atoms with Crippen molar-refractivity contribution in [3.05, 3.63) is 88.2 Å². The lowest BCUT2D eigenvalue weighted by atomic mass is 10.0. The van der Waals surface area contributed by atoms with Gasteiger partial charge in [0.05, 0.1) is 31.7 Å². The number of benzene rings is 3. The highest BCUT2D eigenvalue weighted by atomic mass is 35.5. The minimum Gasteiger partial charge on any atom is -0.493 e. The fraction of sp³-hybridized carbons (Fsp3) is 0.200. The van der Waals surface area contributed by atoms with Crippen LogP contribution in [0.5, 0.6) is 11.5 Å². The van der Waals surface area contributed by atoms with Crippen LogP contribution in [0.25, 0.3) is 0 Å². The number of hydrogen-bond acceptors (Lipinski definition) is 4. The van der Waals surface area contributed by atoms with Crippen LogP contribution in [-0.2, 0) is 11.3 Å². The molecule has 1 aliphatic heterocycles. The molecular weight excluding hydrogens is 447 g/mol. The number of nitrogens with zero attached hydrogens (tertiary/aromatic N) is 1. The first-order valence-electron chi connectivity index (χ1n) is 10.3. The maximum absolute atomic E-state index is 13.5. The van der Waals surface area contributed by atoms with Crippen molar-refractivity contribution in [2.45, 2.75) is 19.0 Å². The van der Waals surface area contributed by atoms with Gasteiger partial charge in [0.2, 0.25) is 5.91 Å². The number of nitrogens with one attached hydrogen (secondary N) is 1. The van der Waals surface area contributed by atoms with Gasteiger partial charge in [-0.25, -0.2) is 4.39 Å². The van der Waals surface area contributed by atoms with Gasteiger partial charge < -0.3 is 19.7 Å². The summed E-state index contributed by atoms with van der Waals surface area (Å²) in [5, 5.41) is 2.65. The van der Waals surface area contributed by atoms with Crippen LogP contribution in [0.1, 0.15) is 33.9 Å². The van der Waals surface area contributed by atoms with E-state index in [1.54, 1.807) is 23.1 Å². The zero-order valence-corrected chi connectivity index (χ0v) is 18.9. The average Bonchev–Trinajstić information content (AvgIpc) is 3.15. The number of carbonyl (C=O) groups excluding carboxylic acids is 2. The number of amides is 2. The number of fused-ring (bicyclic) bond motifs is 1. The lowest BCUT2D eigenvalue weighted by Gasteiger charge is -2.28. The summed E-state index contributed by atoms with van der Waals surface area (Å²) in [6.45, 7) is 0.379. The normalized spacial score (nSPS) is 13.5. The Balaban J connectivity index is 1.65. The molecule has 0 aromatic heterocycles. The number of hydrogen-bond donors (Lipinski definition) is 1. The van der Waals surface area contributed by atoms with Gasteiger partial charge in [-0.15, -0.1) is 0 Å². The Bertz CT molecular complexity index is 1220. The monoisotopic (exact) mass is 468 g/mol. The van der Waals surface area contributed by atoms with Gasteiger partial charge in [-0.2, -0.15) is 0 Å². The molecule has 2 amide bonds. The summed E-state index contributed by atoms with van der Waals surface area (Å²) < 4.78 is 24.2. The number of ether oxygens (including phenoxy) is 2. The van der Waals surface area contributed by atoms with E-state index in [1.165, 1.54) is 32.4 Å². The summed E-state index contributed by atoms with van der Waals surface area (Å²) in [6, 6.07) is 16.1. The van der Waals surface area contributed by atoms with Crippen molar-refractivity contribution in [3.63, 3.8) is 0 Å². The molecule has 170 valence electrons. The van der Waals surface area contributed by atoms with Crippen molar-refractivity contribution >= 4 is 29.1 Å². The molecule has 0 unspecified atom stereocenters. The second-order valence-corrected chi connectivity index (χ2v) is 8.01. The van der Waals surface area contributed by atoms with Crippen LogP contribution in [-0.4, -0.2) is 30.9 Å². The number of methoxy groups -OCH3 is 2. The second kappa shape index (κ2) is 9.50. The number of rotatable bonds is 7. The molecule has 0 saturated heterocycles. The van der Waals surface area contributed by atoms with Gasteiger partial charge in [0.1, 0.15) is 5.82 Å². The lowest BCUT2D eigenvalue weighted by molar-refractivity contribution is -0.117. The Morgan fingerprint density at radius 1 is 1.09 bits per heavy atom. The Labute approximate surface area is 195 Å². The second-order valence-electron chi connectivity index (χ2n) is 7.60. The van der Waals surface area contributed by atoms with Crippen molar-refractivity contribution < 1.29 is 23.5 Å². The first-order valence-corrected chi connectivity index (χ1v) is 10.6. The van der Waals surface area contributed by atoms with Crippen LogP contribution in [0.4, 0.5) is 10.1 Å². The largest absolute Gasteiger partial charge is 0.493 e. The minimum absolute atomic E-state index is 0.0236. The van der Waals surface area contributed by atoms with Gasteiger partial charge >= 0.3 is 0 Å². The molecule has 0 radical (unpaired) electrons. The summed E-state index contributed by atoms with van der Waals surface area (Å²) >= 11 is 5.83. The van der Waals surface area contributed by atoms with Gasteiger partial charge in [0.15, 0.2) is 11.5 Å². The molecule has 0 fully saturated rings. The first-order chi connectivity index (χ1) is 15.9. The van der Waals surface area contributed by atoms with Gasteiger partial charge in [-0.05, 0) is 47.5 Å². The molecule has 0 saturated carbocycles. The van der Waals surface area contributed by atoms with E-state index in [4.69, 9.17) is 21.1 Å². The van der Waals surface area contributed by atoms with Gasteiger partial charge in [0, 0.05) is 17.8 Å². The van der Waals surface area contributed by atoms with Crippen LogP contribution in [0.15, 0.2) is 60.7 Å². The highest BCUT2D eigenvalue weighted by Crippen LogP contribution is 2.37. The van der Waals surface area contributed by atoms with Gasteiger partial charge in [-0.3, -0.25) is 9.59 Å². The fourth-order valence-corrected chi connectivity index (χ4v) is 4.14. The van der Waals surface area contributed by atoms with Crippen LogP contribution in [0.2, 0.25) is 5.02 Å². The van der Waals surface area contributed by atoms with Crippen LogP contribution in [0, 0.1) is 5.82 Å². The molecule has 3 aromatic rings. The van der Waals surface area contributed by atoms with Crippen LogP contribution >= 0.6 is 11.6 Å². The lowest BCUT2D eigenvalue weighted by Crippen LogP contribution is -2.32. The molecule has 8 heteroatoms. The maximum atomic E-state index is 13.5. The topological polar surface area (TPSA) is 67.9 Å². The molecule has 4 rings (SSSR count). The van der Waals surface area contributed by atoms with E-state index in [0.717, 1.165) is 11.1 Å². The van der Waals surface area contributed by atoms with Crippen LogP contribution < -0.4 is 14.8 Å². The molecular formula is C25H22ClFN2O4. The van der Waals surface area contributed by atoms with Crippen molar-refractivity contribution in [2.75, 3.05) is 19.5 Å². The smallest absolute Gasteiger partial charge is 0.255 e. The zero-order chi connectivity index (χ0) is 23.5. The molecule has 0 bridgehead atoms. The molecule has 1 N–H and O–H groups in total. The van der Waals surface area contributed by atoms with E-state index in [-0.39, 0.29) is 23.3 Å². The minimum atomic E-state index is -0.571. The summed E-state index contributed by atoms with van der Waals surface area (Å²) in [4.78, 5) is 27.8. The predicted octanol–water partition coefficient (Wildman–Crippen LogP) is 5.22. The van der Waals surface area contributed by atoms with E-state index in [1.807, 2.05) is 24.3 Å². The Kier molecular flexibility index (Phi) is 6.51. The summed E-state index contributed by atoms with van der Waals surface area (Å²) in [7, 11) is 3.06. The van der Waals surface area contributed by atoms with Crippen molar-refractivity contribution in [3.8, 4) is 11.5 Å². The van der Waals surface area contributed by atoms with Crippen molar-refractivity contribution in [1.29, 1.82) is 0 Å². The maximum Gasteiger partial charge on any atom is 0.255 e. The molecule has 1 heterocycles. The Morgan fingerprint density at radius 2 is 1.85 bits per heavy atom. The van der Waals surface area contributed by atoms with Crippen molar-refractivity contribution in [2.24, 2.45) is 0 Å². The summed E-state index contributed by atoms with van der Waals surface area (Å²) in [6.07, 6.45) is -0.0236. The average molecular weight is 469 g/mol. The van der Waals surface area contributed by atoms with Gasteiger partial charge in [-0.1, -0.05) is 35.9 Å². The van der Waals surface area contributed by atoms with Gasteiger partial charge in [0.25, 0.3) is 5.91 Å². The summed E-state index contributed by atoms with van der Waals surface area (Å²) in [5.74, 6) is -0.0288. The van der Waals surface area contributed by atoms with E-state index < -0.39 is 11.9 Å². The van der Waals surface area contributed by atoms with Crippen molar-refractivity contribution in [1.82, 2.24) is 4.90 Å². The van der Waals surface area contributed by atoms with E-state index in [2.05, 4.69) is 5.32 Å². The Hall–Kier alpha value is -3.58. The fourth-order valence-electron chi connectivity index (χ4n) is 3.96. The molecule has 3 aromatic carbocycles. The summed E-state index contributed by atoms with van der Waals surface area (Å²) in [5.41, 5.74) is 2.61. The highest BCUT2D eigenvalue weighted by Gasteiger charge is 2.35. The van der Waals surface area contributed by atoms with E-state index in [0.29, 0.717) is 29.3 Å². The standard InChI is InChI=1S/C25H22ClFN2O4/c1-32-22-10-7-15(11-23(22)33-2)21(29-14-16-5-3-4-6-18(16)25(29)31)13-24(30)28-17-8-9-20(27)19(26)12-17/h3-12,21H,13-14H2,1-2H3,(H,28,30)/t21-/m0/s1. The first kappa shape index (κ1) is 22.6. The molecule has 1 aliphatic rings. The predicted molar refractivity (Wildman–Crippen MR) is 123 cm³/mol. The molecule has 6 nitrogen and oxygen atoms in total. The third-order valence-electron chi connectivity index (χ3n) is 5.60. The SMILES string of the molecule is COc1ccc([C@H](CC(=O)Nc2ccc(F)c(Cl)c2)N2Cc3ccccc3C2=O)cc1OC. The van der Waals surface area contributed by atoms with E-state index in [9.17, 15) is 14.0 Å². The third-order valence-corrected chi connectivity index (χ3v) is 5.89. The molecule has 0 aliphatic carbocycles. The van der Waals surface area contributed by atoms with Crippen LogP contribution in [0.3, 0.4) is 0 Å². The molecule has 1 atom stereocenters. The number of carbonyl (C=O) groups is 2.